The number of nitrogens with zero attached hydrogens (tertiary/aromatic N) is 2. The molecule has 3 nitrogen and oxygen atoms in total. The van der Waals surface area contributed by atoms with Crippen LogP contribution in [0.2, 0.25) is 10.2 Å². The lowest BCUT2D eigenvalue weighted by atomic mass is 10.1. The van der Waals surface area contributed by atoms with Gasteiger partial charge < -0.3 is 4.74 Å². The van der Waals surface area contributed by atoms with E-state index in [1.165, 1.54) is 5.56 Å². The Kier molecular flexibility index (Phi) is 5.58. The van der Waals surface area contributed by atoms with Crippen molar-refractivity contribution in [2.24, 2.45) is 0 Å². The minimum atomic E-state index is 0.395. The Hall–Kier alpha value is -1.16. The highest BCUT2D eigenvalue weighted by Crippen LogP contribution is 2.19. The predicted molar refractivity (Wildman–Crippen MR) is 76.5 cm³/mol. The topological polar surface area (TPSA) is 35.0 Å². The minimum absolute atomic E-state index is 0.395. The average molecular weight is 297 g/mol. The Morgan fingerprint density at radius 2 is 1.95 bits per heavy atom. The molecule has 0 radical (unpaired) electrons. The van der Waals surface area contributed by atoms with E-state index < -0.39 is 0 Å². The number of hydrogen-bond donors (Lipinski definition) is 0. The fraction of sp³-hybridized carbons (Fsp3) is 0.286. The van der Waals surface area contributed by atoms with Gasteiger partial charge in [-0.25, -0.2) is 4.98 Å². The molecule has 0 saturated carbocycles. The molecule has 0 saturated heterocycles. The third-order valence-electron chi connectivity index (χ3n) is 2.66. The maximum absolute atomic E-state index is 6.03. The van der Waals surface area contributed by atoms with E-state index in [0.717, 1.165) is 18.4 Å². The summed E-state index contributed by atoms with van der Waals surface area (Å²) < 4.78 is 5.58. The van der Waals surface area contributed by atoms with Gasteiger partial charge >= 0.3 is 0 Å². The molecule has 0 amide bonds. The number of hydrogen-bond acceptors (Lipinski definition) is 3. The van der Waals surface area contributed by atoms with Crippen LogP contribution in [0.4, 0.5) is 0 Å². The van der Waals surface area contributed by atoms with Crippen LogP contribution < -0.4 is 0 Å². The van der Waals surface area contributed by atoms with Crippen molar-refractivity contribution >= 4 is 23.2 Å². The largest absolute Gasteiger partial charge is 0.377 e. The van der Waals surface area contributed by atoms with Gasteiger partial charge in [-0.2, -0.15) is 0 Å². The second-order valence-corrected chi connectivity index (χ2v) is 4.90. The summed E-state index contributed by atoms with van der Waals surface area (Å²) >= 11 is 11.8. The molecule has 2 aromatic heterocycles. The van der Waals surface area contributed by atoms with Gasteiger partial charge in [0, 0.05) is 30.8 Å². The van der Waals surface area contributed by atoms with Gasteiger partial charge in [0.25, 0.3) is 0 Å². The number of pyridine rings is 2. The van der Waals surface area contributed by atoms with Crippen molar-refractivity contribution in [3.05, 3.63) is 58.1 Å². The van der Waals surface area contributed by atoms with Crippen LogP contribution in [0.5, 0.6) is 0 Å². The fourth-order valence-corrected chi connectivity index (χ4v) is 2.07. The average Bonchev–Trinajstić information content (AvgIpc) is 2.42. The third kappa shape index (κ3) is 4.78. The molecule has 2 heterocycles. The quantitative estimate of drug-likeness (QED) is 0.598. The standard InChI is InChI=1S/C14H14Cl2N2O/c15-13-8-14(16)18-9-12(13)10-19-7-1-2-11-3-5-17-6-4-11/h3-6,8-9H,1-2,7,10H2. The predicted octanol–water partition coefficient (Wildman–Crippen LogP) is 3.93. The molecule has 0 aliphatic carbocycles. The number of halogens is 2. The normalized spacial score (nSPS) is 10.6. The van der Waals surface area contributed by atoms with Gasteiger partial charge in [-0.1, -0.05) is 23.2 Å². The van der Waals surface area contributed by atoms with Crippen molar-refractivity contribution < 1.29 is 4.74 Å². The summed E-state index contributed by atoms with van der Waals surface area (Å²) in [6.45, 7) is 1.14. The highest BCUT2D eigenvalue weighted by Gasteiger charge is 2.02. The lowest BCUT2D eigenvalue weighted by Gasteiger charge is -2.06. The third-order valence-corrected chi connectivity index (χ3v) is 3.22. The monoisotopic (exact) mass is 296 g/mol. The van der Waals surface area contributed by atoms with Crippen molar-refractivity contribution in [1.82, 2.24) is 9.97 Å². The van der Waals surface area contributed by atoms with Gasteiger partial charge in [0.1, 0.15) is 5.15 Å². The van der Waals surface area contributed by atoms with Crippen molar-refractivity contribution in [3.63, 3.8) is 0 Å². The summed E-state index contributed by atoms with van der Waals surface area (Å²) in [5.41, 5.74) is 2.12. The highest BCUT2D eigenvalue weighted by molar-refractivity contribution is 6.34. The van der Waals surface area contributed by atoms with Crippen LogP contribution in [0.1, 0.15) is 17.5 Å². The molecule has 0 unspecified atom stereocenters. The van der Waals surface area contributed by atoms with E-state index in [-0.39, 0.29) is 0 Å². The van der Waals surface area contributed by atoms with E-state index in [2.05, 4.69) is 9.97 Å². The van der Waals surface area contributed by atoms with Crippen molar-refractivity contribution in [1.29, 1.82) is 0 Å². The summed E-state index contributed by atoms with van der Waals surface area (Å²) in [5.74, 6) is 0. The molecule has 100 valence electrons. The van der Waals surface area contributed by atoms with Gasteiger partial charge in [0.15, 0.2) is 0 Å². The molecule has 0 N–H and O–H groups in total. The number of ether oxygens (including phenoxy) is 1. The molecule has 0 aliphatic heterocycles. The van der Waals surface area contributed by atoms with Crippen molar-refractivity contribution in [2.45, 2.75) is 19.4 Å². The maximum Gasteiger partial charge on any atom is 0.130 e. The van der Waals surface area contributed by atoms with Crippen LogP contribution in [0.25, 0.3) is 0 Å². The van der Waals surface area contributed by atoms with Crippen LogP contribution in [-0.2, 0) is 17.8 Å². The molecule has 0 fully saturated rings. The Labute approximate surface area is 122 Å². The zero-order valence-electron chi connectivity index (χ0n) is 10.4. The Morgan fingerprint density at radius 3 is 2.68 bits per heavy atom. The zero-order valence-corrected chi connectivity index (χ0v) is 11.9. The second kappa shape index (κ2) is 7.43. The summed E-state index contributed by atoms with van der Waals surface area (Å²) in [6, 6.07) is 5.65. The molecular formula is C14H14Cl2N2O. The number of aromatic nitrogens is 2. The van der Waals surface area contributed by atoms with Crippen LogP contribution in [0.3, 0.4) is 0 Å². The maximum atomic E-state index is 6.03. The van der Waals surface area contributed by atoms with Gasteiger partial charge in [0.2, 0.25) is 0 Å². The molecule has 0 aliphatic rings. The Balaban J connectivity index is 1.69. The molecule has 0 atom stereocenters. The van der Waals surface area contributed by atoms with Gasteiger partial charge in [-0.3, -0.25) is 4.98 Å². The summed E-state index contributed by atoms with van der Waals surface area (Å²) in [4.78, 5) is 7.96. The van der Waals surface area contributed by atoms with Crippen LogP contribution in [0, 0.1) is 0 Å². The molecule has 0 bridgehead atoms. The first kappa shape index (κ1) is 14.3. The van der Waals surface area contributed by atoms with E-state index in [1.54, 1.807) is 24.7 Å². The molecule has 0 spiro atoms. The molecule has 2 rings (SSSR count). The van der Waals surface area contributed by atoms with Crippen molar-refractivity contribution in [3.8, 4) is 0 Å². The van der Waals surface area contributed by atoms with Crippen LogP contribution >= 0.6 is 23.2 Å². The summed E-state index contributed by atoms with van der Waals surface area (Å²) in [5, 5.41) is 0.987. The smallest absolute Gasteiger partial charge is 0.130 e. The van der Waals surface area contributed by atoms with Crippen LogP contribution in [-0.4, -0.2) is 16.6 Å². The van der Waals surface area contributed by atoms with Gasteiger partial charge in [-0.15, -0.1) is 0 Å². The molecule has 0 aromatic carbocycles. The molecular weight excluding hydrogens is 283 g/mol. The summed E-state index contributed by atoms with van der Waals surface area (Å²) in [7, 11) is 0. The fourth-order valence-electron chi connectivity index (χ4n) is 1.65. The van der Waals surface area contributed by atoms with Crippen LogP contribution in [0.15, 0.2) is 36.8 Å². The first-order chi connectivity index (χ1) is 9.25. The number of rotatable bonds is 6. The molecule has 2 aromatic rings. The van der Waals surface area contributed by atoms with Crippen molar-refractivity contribution in [2.75, 3.05) is 6.61 Å². The minimum Gasteiger partial charge on any atom is -0.377 e. The Morgan fingerprint density at radius 1 is 1.16 bits per heavy atom. The first-order valence-electron chi connectivity index (χ1n) is 6.02. The Bertz CT molecular complexity index is 520. The van der Waals surface area contributed by atoms with E-state index in [0.29, 0.717) is 23.4 Å². The molecule has 5 heteroatoms. The van der Waals surface area contributed by atoms with E-state index >= 15 is 0 Å². The zero-order chi connectivity index (χ0) is 13.5. The van der Waals surface area contributed by atoms with Gasteiger partial charge in [-0.05, 0) is 36.6 Å². The lowest BCUT2D eigenvalue weighted by molar-refractivity contribution is 0.118. The SMILES string of the molecule is Clc1cc(Cl)c(COCCCc2ccncc2)cn1. The first-order valence-corrected chi connectivity index (χ1v) is 6.78. The van der Waals surface area contributed by atoms with E-state index in [4.69, 9.17) is 27.9 Å². The molecule has 19 heavy (non-hydrogen) atoms. The lowest BCUT2D eigenvalue weighted by Crippen LogP contribution is -1.99. The number of aryl methyl sites for hydroxylation is 1. The van der Waals surface area contributed by atoms with E-state index in [1.807, 2.05) is 12.1 Å². The second-order valence-electron chi connectivity index (χ2n) is 4.11. The van der Waals surface area contributed by atoms with E-state index in [9.17, 15) is 0 Å². The van der Waals surface area contributed by atoms with Gasteiger partial charge in [0.05, 0.1) is 11.6 Å². The highest BCUT2D eigenvalue weighted by atomic mass is 35.5. The summed E-state index contributed by atoms with van der Waals surface area (Å²) in [6.07, 6.45) is 7.19.